The van der Waals surface area contributed by atoms with Crippen molar-refractivity contribution in [1.82, 2.24) is 0 Å². The summed E-state index contributed by atoms with van der Waals surface area (Å²) in [7, 11) is -3.27. The van der Waals surface area contributed by atoms with Gasteiger partial charge in [0.2, 0.25) is 10.0 Å². The van der Waals surface area contributed by atoms with E-state index in [1.807, 2.05) is 25.1 Å². The molecule has 6 heteroatoms. The van der Waals surface area contributed by atoms with Gasteiger partial charge in [-0.3, -0.25) is 4.72 Å². The molecular formula is C12H18ClNO2S2. The number of thioether (sulfide) groups is 1. The molecule has 1 aromatic carbocycles. The molecule has 0 bridgehead atoms. The Morgan fingerprint density at radius 1 is 1.28 bits per heavy atom. The van der Waals surface area contributed by atoms with Crippen molar-refractivity contribution >= 4 is 39.1 Å². The highest BCUT2D eigenvalue weighted by Gasteiger charge is 2.12. The number of para-hydroxylation sites is 1. The van der Waals surface area contributed by atoms with E-state index in [-0.39, 0.29) is 5.75 Å². The van der Waals surface area contributed by atoms with Gasteiger partial charge in [-0.1, -0.05) is 19.1 Å². The second-order valence-corrected chi connectivity index (χ2v) is 7.27. The van der Waals surface area contributed by atoms with Crippen LogP contribution in [0.1, 0.15) is 19.8 Å². The van der Waals surface area contributed by atoms with E-state index in [0.717, 1.165) is 10.6 Å². The number of nitrogens with one attached hydrogen (secondary N) is 1. The summed E-state index contributed by atoms with van der Waals surface area (Å²) in [6.07, 6.45) is 1.30. The van der Waals surface area contributed by atoms with E-state index in [2.05, 4.69) is 4.72 Å². The predicted molar refractivity (Wildman–Crippen MR) is 80.2 cm³/mol. The summed E-state index contributed by atoms with van der Waals surface area (Å²) < 4.78 is 26.4. The Labute approximate surface area is 118 Å². The standard InChI is InChI=1S/C12H18ClNO2S2/c1-2-17-12-8-4-3-7-11(12)14-18(15,16)10-6-5-9-13/h3-4,7-8,14H,2,5-6,9-10H2,1H3. The van der Waals surface area contributed by atoms with Crippen LogP contribution in [-0.2, 0) is 10.0 Å². The molecule has 0 aliphatic heterocycles. The molecular weight excluding hydrogens is 290 g/mol. The highest BCUT2D eigenvalue weighted by atomic mass is 35.5. The number of benzene rings is 1. The summed E-state index contributed by atoms with van der Waals surface area (Å²) in [5, 5.41) is 0. The van der Waals surface area contributed by atoms with Crippen molar-refractivity contribution in [2.45, 2.75) is 24.7 Å². The molecule has 0 amide bonds. The van der Waals surface area contributed by atoms with E-state index < -0.39 is 10.0 Å². The monoisotopic (exact) mass is 307 g/mol. The lowest BCUT2D eigenvalue weighted by atomic mass is 10.3. The summed E-state index contributed by atoms with van der Waals surface area (Å²) in [6, 6.07) is 7.45. The third-order valence-corrected chi connectivity index (χ3v) is 4.83. The fourth-order valence-electron chi connectivity index (χ4n) is 1.44. The van der Waals surface area contributed by atoms with Gasteiger partial charge in [0, 0.05) is 10.8 Å². The first-order chi connectivity index (χ1) is 8.59. The first-order valence-electron chi connectivity index (χ1n) is 5.87. The molecule has 0 spiro atoms. The number of rotatable bonds is 8. The Bertz CT molecular complexity index is 463. The van der Waals surface area contributed by atoms with E-state index in [9.17, 15) is 8.42 Å². The summed E-state index contributed by atoms with van der Waals surface area (Å²) in [5.41, 5.74) is 0.662. The third-order valence-electron chi connectivity index (χ3n) is 2.25. The van der Waals surface area contributed by atoms with E-state index in [4.69, 9.17) is 11.6 Å². The van der Waals surface area contributed by atoms with Gasteiger partial charge < -0.3 is 0 Å². The van der Waals surface area contributed by atoms with Crippen LogP contribution in [-0.4, -0.2) is 25.8 Å². The SMILES string of the molecule is CCSc1ccccc1NS(=O)(=O)CCCCCl. The number of anilines is 1. The number of sulfonamides is 1. The van der Waals surface area contributed by atoms with E-state index in [1.165, 1.54) is 0 Å². The fraction of sp³-hybridized carbons (Fsp3) is 0.500. The zero-order valence-electron chi connectivity index (χ0n) is 10.4. The van der Waals surface area contributed by atoms with Gasteiger partial charge in [-0.2, -0.15) is 0 Å². The largest absolute Gasteiger partial charge is 0.282 e. The van der Waals surface area contributed by atoms with Gasteiger partial charge in [0.15, 0.2) is 0 Å². The van der Waals surface area contributed by atoms with Gasteiger partial charge in [-0.25, -0.2) is 8.42 Å². The molecule has 0 saturated heterocycles. The topological polar surface area (TPSA) is 46.2 Å². The second kappa shape index (κ2) is 7.92. The maximum absolute atomic E-state index is 11.9. The van der Waals surface area contributed by atoms with Crippen LogP contribution in [0.5, 0.6) is 0 Å². The Hall–Kier alpha value is -0.390. The summed E-state index contributed by atoms with van der Waals surface area (Å²) in [6.45, 7) is 2.04. The van der Waals surface area contributed by atoms with Crippen LogP contribution in [0.3, 0.4) is 0 Å². The second-order valence-electron chi connectivity index (χ2n) is 3.75. The summed E-state index contributed by atoms with van der Waals surface area (Å²) >= 11 is 7.16. The lowest BCUT2D eigenvalue weighted by Crippen LogP contribution is -2.17. The number of alkyl halides is 1. The molecule has 0 aliphatic rings. The van der Waals surface area contributed by atoms with Crippen LogP contribution in [0, 0.1) is 0 Å². The summed E-state index contributed by atoms with van der Waals surface area (Å²) in [5.74, 6) is 1.52. The molecule has 3 nitrogen and oxygen atoms in total. The average Bonchev–Trinajstić information content (AvgIpc) is 2.32. The molecule has 0 aromatic heterocycles. The molecule has 0 fully saturated rings. The zero-order chi connectivity index (χ0) is 13.4. The highest BCUT2D eigenvalue weighted by molar-refractivity contribution is 7.99. The van der Waals surface area contributed by atoms with Crippen molar-refractivity contribution in [1.29, 1.82) is 0 Å². The van der Waals surface area contributed by atoms with E-state index >= 15 is 0 Å². The smallest absolute Gasteiger partial charge is 0.232 e. The lowest BCUT2D eigenvalue weighted by molar-refractivity contribution is 0.598. The van der Waals surface area contributed by atoms with E-state index in [0.29, 0.717) is 24.4 Å². The number of hydrogen-bond acceptors (Lipinski definition) is 3. The number of halogens is 1. The van der Waals surface area contributed by atoms with E-state index in [1.54, 1.807) is 17.8 Å². The Kier molecular flexibility index (Phi) is 6.89. The van der Waals surface area contributed by atoms with Crippen molar-refractivity contribution < 1.29 is 8.42 Å². The fourth-order valence-corrected chi connectivity index (χ4v) is 3.65. The van der Waals surface area contributed by atoms with Crippen molar-refractivity contribution in [3.05, 3.63) is 24.3 Å². The van der Waals surface area contributed by atoms with Crippen LogP contribution in [0.25, 0.3) is 0 Å². The molecule has 0 aliphatic carbocycles. The molecule has 18 heavy (non-hydrogen) atoms. The Balaban J connectivity index is 2.71. The molecule has 0 radical (unpaired) electrons. The molecule has 102 valence electrons. The van der Waals surface area contributed by atoms with Gasteiger partial charge in [-0.05, 0) is 30.7 Å². The van der Waals surface area contributed by atoms with Gasteiger partial charge in [0.1, 0.15) is 0 Å². The Morgan fingerprint density at radius 3 is 2.67 bits per heavy atom. The minimum absolute atomic E-state index is 0.116. The van der Waals surface area contributed by atoms with Crippen LogP contribution in [0.2, 0.25) is 0 Å². The first kappa shape index (κ1) is 15.7. The molecule has 1 aromatic rings. The van der Waals surface area contributed by atoms with Crippen molar-refractivity contribution in [3.8, 4) is 0 Å². The minimum atomic E-state index is -3.27. The van der Waals surface area contributed by atoms with Gasteiger partial charge in [-0.15, -0.1) is 23.4 Å². The number of unbranched alkanes of at least 4 members (excludes halogenated alkanes) is 1. The average molecular weight is 308 g/mol. The van der Waals surface area contributed by atoms with Crippen molar-refractivity contribution in [3.63, 3.8) is 0 Å². The lowest BCUT2D eigenvalue weighted by Gasteiger charge is -2.11. The van der Waals surface area contributed by atoms with Gasteiger partial charge in [0.25, 0.3) is 0 Å². The molecule has 1 N–H and O–H groups in total. The zero-order valence-corrected chi connectivity index (χ0v) is 12.7. The van der Waals surface area contributed by atoms with Crippen LogP contribution in [0.4, 0.5) is 5.69 Å². The molecule has 0 saturated carbocycles. The normalized spacial score (nSPS) is 11.4. The third kappa shape index (κ3) is 5.50. The predicted octanol–water partition coefficient (Wildman–Crippen LogP) is 3.56. The van der Waals surface area contributed by atoms with Gasteiger partial charge in [0.05, 0.1) is 11.4 Å². The molecule has 1 rings (SSSR count). The van der Waals surface area contributed by atoms with Crippen molar-refractivity contribution in [2.75, 3.05) is 22.1 Å². The maximum Gasteiger partial charge on any atom is 0.232 e. The van der Waals surface area contributed by atoms with Crippen LogP contribution < -0.4 is 4.72 Å². The maximum atomic E-state index is 11.9. The highest BCUT2D eigenvalue weighted by Crippen LogP contribution is 2.27. The van der Waals surface area contributed by atoms with Crippen molar-refractivity contribution in [2.24, 2.45) is 0 Å². The molecule has 0 atom stereocenters. The number of hydrogen-bond donors (Lipinski definition) is 1. The minimum Gasteiger partial charge on any atom is -0.282 e. The molecule has 0 unspecified atom stereocenters. The quantitative estimate of drug-likeness (QED) is 0.454. The summed E-state index contributed by atoms with van der Waals surface area (Å²) in [4.78, 5) is 0.959. The molecule has 0 heterocycles. The first-order valence-corrected chi connectivity index (χ1v) is 9.04. The Morgan fingerprint density at radius 2 is 2.00 bits per heavy atom. The van der Waals surface area contributed by atoms with Crippen LogP contribution in [0.15, 0.2) is 29.2 Å². The van der Waals surface area contributed by atoms with Crippen LogP contribution >= 0.6 is 23.4 Å². The van der Waals surface area contributed by atoms with Gasteiger partial charge >= 0.3 is 0 Å².